The van der Waals surface area contributed by atoms with E-state index in [-0.39, 0.29) is 12.0 Å². The molecule has 1 fully saturated rings. The summed E-state index contributed by atoms with van der Waals surface area (Å²) < 4.78 is 7.64. The number of amides is 1. The zero-order chi connectivity index (χ0) is 19.4. The third kappa shape index (κ3) is 4.78. The Kier molecular flexibility index (Phi) is 6.32. The molecule has 0 bridgehead atoms. The number of nitrogens with zero attached hydrogens (tertiary/aromatic N) is 3. The van der Waals surface area contributed by atoms with Crippen molar-refractivity contribution in [1.29, 1.82) is 0 Å². The maximum absolute atomic E-state index is 13.4. The lowest BCUT2D eigenvalue weighted by atomic mass is 10.1. The minimum Gasteiger partial charge on any atom is -0.376 e. The molecule has 1 unspecified atom stereocenters. The number of aromatic nitrogens is 2. The van der Waals surface area contributed by atoms with Gasteiger partial charge in [0.1, 0.15) is 5.69 Å². The summed E-state index contributed by atoms with van der Waals surface area (Å²) in [5, 5.41) is 4.62. The van der Waals surface area contributed by atoms with E-state index in [2.05, 4.69) is 44.1 Å². The van der Waals surface area contributed by atoms with E-state index in [4.69, 9.17) is 4.74 Å². The Hall–Kier alpha value is -2.14. The fraction of sp³-hybridized carbons (Fsp3) is 0.545. The monoisotopic (exact) mass is 369 g/mol. The lowest BCUT2D eigenvalue weighted by Crippen LogP contribution is -2.38. The fourth-order valence-corrected chi connectivity index (χ4v) is 3.58. The van der Waals surface area contributed by atoms with Gasteiger partial charge in [-0.25, -0.2) is 0 Å². The summed E-state index contributed by atoms with van der Waals surface area (Å²) in [6, 6.07) is 10.3. The maximum Gasteiger partial charge on any atom is 0.272 e. The van der Waals surface area contributed by atoms with Crippen LogP contribution < -0.4 is 0 Å². The molecule has 1 amide bonds. The van der Waals surface area contributed by atoms with E-state index >= 15 is 0 Å². The first-order valence-corrected chi connectivity index (χ1v) is 10.0. The molecule has 1 aromatic carbocycles. The van der Waals surface area contributed by atoms with Gasteiger partial charge in [0.2, 0.25) is 0 Å². The molecular formula is C22H31N3O2. The summed E-state index contributed by atoms with van der Waals surface area (Å²) >= 11 is 0. The fourth-order valence-electron chi connectivity index (χ4n) is 3.58. The van der Waals surface area contributed by atoms with E-state index in [0.29, 0.717) is 31.2 Å². The Morgan fingerprint density at radius 2 is 2.19 bits per heavy atom. The molecule has 1 aromatic heterocycles. The first-order chi connectivity index (χ1) is 13.0. The highest BCUT2D eigenvalue weighted by Gasteiger charge is 2.26. The second-order valence-corrected chi connectivity index (χ2v) is 7.73. The van der Waals surface area contributed by atoms with Crippen LogP contribution in [-0.2, 0) is 17.8 Å². The second-order valence-electron chi connectivity index (χ2n) is 7.73. The maximum atomic E-state index is 13.4. The molecule has 2 aromatic rings. The largest absolute Gasteiger partial charge is 0.376 e. The molecule has 0 saturated carbocycles. The zero-order valence-electron chi connectivity index (χ0n) is 16.9. The van der Waals surface area contributed by atoms with E-state index in [9.17, 15) is 4.79 Å². The van der Waals surface area contributed by atoms with Crippen LogP contribution in [0.15, 0.2) is 30.3 Å². The quantitative estimate of drug-likeness (QED) is 0.736. The van der Waals surface area contributed by atoms with Gasteiger partial charge in [0.25, 0.3) is 5.91 Å². The molecule has 0 radical (unpaired) electrons. The number of benzene rings is 1. The van der Waals surface area contributed by atoms with Gasteiger partial charge < -0.3 is 9.64 Å². The minimum atomic E-state index is 0.0354. The molecule has 2 heterocycles. The molecule has 1 saturated heterocycles. The number of aryl methyl sites for hydroxylation is 2. The van der Waals surface area contributed by atoms with Crippen LogP contribution >= 0.6 is 0 Å². The van der Waals surface area contributed by atoms with Crippen molar-refractivity contribution in [3.63, 3.8) is 0 Å². The van der Waals surface area contributed by atoms with Crippen molar-refractivity contribution >= 4 is 5.91 Å². The van der Waals surface area contributed by atoms with E-state index in [1.54, 1.807) is 0 Å². The lowest BCUT2D eigenvalue weighted by Gasteiger charge is -2.26. The van der Waals surface area contributed by atoms with Crippen molar-refractivity contribution in [2.75, 3.05) is 13.2 Å². The Balaban J connectivity index is 1.87. The summed E-state index contributed by atoms with van der Waals surface area (Å²) in [7, 11) is 0. The van der Waals surface area contributed by atoms with Crippen LogP contribution in [0, 0.1) is 6.92 Å². The third-order valence-electron chi connectivity index (χ3n) is 5.10. The third-order valence-corrected chi connectivity index (χ3v) is 5.10. The van der Waals surface area contributed by atoms with Crippen molar-refractivity contribution in [3.8, 4) is 0 Å². The number of hydrogen-bond donors (Lipinski definition) is 0. The molecule has 146 valence electrons. The Morgan fingerprint density at radius 3 is 2.81 bits per heavy atom. The number of ether oxygens (including phenoxy) is 1. The van der Waals surface area contributed by atoms with Gasteiger partial charge in [-0.1, -0.05) is 43.7 Å². The summed E-state index contributed by atoms with van der Waals surface area (Å²) in [4.78, 5) is 15.4. The highest BCUT2D eigenvalue weighted by Crippen LogP contribution is 2.20. The predicted octanol–water partition coefficient (Wildman–Crippen LogP) is 4.16. The Labute approximate surface area is 162 Å². The van der Waals surface area contributed by atoms with Gasteiger partial charge in [-0.3, -0.25) is 9.48 Å². The smallest absolute Gasteiger partial charge is 0.272 e. The van der Waals surface area contributed by atoms with Crippen molar-refractivity contribution < 1.29 is 9.53 Å². The van der Waals surface area contributed by atoms with Gasteiger partial charge in [-0.05, 0) is 44.2 Å². The summed E-state index contributed by atoms with van der Waals surface area (Å²) in [6.07, 6.45) is 2.21. The van der Waals surface area contributed by atoms with Crippen LogP contribution in [0.4, 0.5) is 0 Å². The van der Waals surface area contributed by atoms with Crippen LogP contribution in [0.1, 0.15) is 66.8 Å². The average molecular weight is 370 g/mol. The normalized spacial score (nSPS) is 16.9. The average Bonchev–Trinajstić information content (AvgIpc) is 3.30. The highest BCUT2D eigenvalue weighted by molar-refractivity contribution is 5.92. The number of hydrogen-bond acceptors (Lipinski definition) is 3. The number of carbonyl (C=O) groups excluding carboxylic acids is 1. The summed E-state index contributed by atoms with van der Waals surface area (Å²) in [5.41, 5.74) is 3.99. The molecule has 1 aliphatic rings. The second kappa shape index (κ2) is 8.70. The molecule has 5 nitrogen and oxygen atoms in total. The van der Waals surface area contributed by atoms with Gasteiger partial charge in [0.15, 0.2) is 0 Å². The van der Waals surface area contributed by atoms with Gasteiger partial charge in [-0.15, -0.1) is 0 Å². The molecule has 1 aliphatic heterocycles. The van der Waals surface area contributed by atoms with Crippen LogP contribution in [0.3, 0.4) is 0 Å². The van der Waals surface area contributed by atoms with Crippen molar-refractivity contribution in [2.45, 2.75) is 65.6 Å². The van der Waals surface area contributed by atoms with E-state index in [1.807, 2.05) is 28.6 Å². The van der Waals surface area contributed by atoms with Crippen LogP contribution in [0.25, 0.3) is 0 Å². The number of rotatable bonds is 7. The van der Waals surface area contributed by atoms with Gasteiger partial charge in [0, 0.05) is 26.2 Å². The van der Waals surface area contributed by atoms with E-state index in [0.717, 1.165) is 30.7 Å². The van der Waals surface area contributed by atoms with Crippen molar-refractivity contribution in [1.82, 2.24) is 14.7 Å². The Morgan fingerprint density at radius 1 is 1.37 bits per heavy atom. The topological polar surface area (TPSA) is 47.4 Å². The molecule has 0 aliphatic carbocycles. The van der Waals surface area contributed by atoms with Crippen molar-refractivity contribution in [3.05, 3.63) is 52.8 Å². The predicted molar refractivity (Wildman–Crippen MR) is 107 cm³/mol. The van der Waals surface area contributed by atoms with Crippen molar-refractivity contribution in [2.24, 2.45) is 0 Å². The van der Waals surface area contributed by atoms with E-state index in [1.165, 1.54) is 5.56 Å². The summed E-state index contributed by atoms with van der Waals surface area (Å²) in [5.74, 6) is 0.334. The minimum absolute atomic E-state index is 0.0354. The molecule has 5 heteroatoms. The molecule has 3 rings (SSSR count). The van der Waals surface area contributed by atoms with Crippen LogP contribution in [0.5, 0.6) is 0 Å². The molecule has 1 atom stereocenters. The highest BCUT2D eigenvalue weighted by atomic mass is 16.5. The molecule has 27 heavy (non-hydrogen) atoms. The Bertz CT molecular complexity index is 776. The first kappa shape index (κ1) is 19.6. The van der Waals surface area contributed by atoms with Gasteiger partial charge >= 0.3 is 0 Å². The SMILES string of the molecule is CCn1nc(C(C)C)cc1C(=O)N(Cc1cccc(C)c1)CC1CCCO1. The van der Waals surface area contributed by atoms with Gasteiger partial charge in [-0.2, -0.15) is 5.10 Å². The summed E-state index contributed by atoms with van der Waals surface area (Å²) in [6.45, 7) is 11.0. The van der Waals surface area contributed by atoms with E-state index < -0.39 is 0 Å². The van der Waals surface area contributed by atoms with Crippen LogP contribution in [0.2, 0.25) is 0 Å². The first-order valence-electron chi connectivity index (χ1n) is 10.0. The zero-order valence-corrected chi connectivity index (χ0v) is 16.9. The number of carbonyl (C=O) groups is 1. The molecular weight excluding hydrogens is 338 g/mol. The van der Waals surface area contributed by atoms with Gasteiger partial charge in [0.05, 0.1) is 11.8 Å². The molecule has 0 spiro atoms. The molecule has 0 N–H and O–H groups in total. The standard InChI is InChI=1S/C22H31N3O2/c1-5-25-21(13-20(23-25)16(2)3)22(26)24(15-19-10-7-11-27-19)14-18-9-6-8-17(4)12-18/h6,8-9,12-13,16,19H,5,7,10-11,14-15H2,1-4H3. The lowest BCUT2D eigenvalue weighted by molar-refractivity contribution is 0.0498. The van der Waals surface area contributed by atoms with Crippen LogP contribution in [-0.4, -0.2) is 39.8 Å².